The molecular formula is C17H15F3N6O3S. The van der Waals surface area contributed by atoms with Gasteiger partial charge in [0.2, 0.25) is 15.9 Å². The van der Waals surface area contributed by atoms with Gasteiger partial charge in [-0.15, -0.1) is 0 Å². The molecule has 13 heteroatoms. The number of aromatic nitrogens is 4. The first kappa shape index (κ1) is 21.4. The molecule has 0 saturated heterocycles. The highest BCUT2D eigenvalue weighted by atomic mass is 32.2. The number of carbonyl (C=O) groups is 1. The van der Waals surface area contributed by atoms with E-state index in [1.807, 2.05) is 4.72 Å². The molecule has 1 aromatic carbocycles. The zero-order valence-electron chi connectivity index (χ0n) is 15.3. The Labute approximate surface area is 169 Å². The molecule has 2 heterocycles. The quantitative estimate of drug-likeness (QED) is 0.605. The maximum absolute atomic E-state index is 13.1. The predicted octanol–water partition coefficient (Wildman–Crippen LogP) is 1.99. The van der Waals surface area contributed by atoms with E-state index in [0.717, 1.165) is 18.2 Å². The van der Waals surface area contributed by atoms with Crippen molar-refractivity contribution in [1.29, 1.82) is 0 Å². The molecule has 0 radical (unpaired) electrons. The van der Waals surface area contributed by atoms with Gasteiger partial charge in [0.05, 0.1) is 28.4 Å². The molecule has 0 aliphatic heterocycles. The molecule has 0 fully saturated rings. The molecule has 0 saturated carbocycles. The number of alkyl halides is 3. The van der Waals surface area contributed by atoms with Gasteiger partial charge >= 0.3 is 6.18 Å². The minimum atomic E-state index is -4.87. The average molecular weight is 440 g/mol. The van der Waals surface area contributed by atoms with Crippen molar-refractivity contribution in [3.05, 3.63) is 60.8 Å². The second-order valence-corrected chi connectivity index (χ2v) is 7.75. The van der Waals surface area contributed by atoms with Crippen LogP contribution in [0.25, 0.3) is 5.82 Å². The van der Waals surface area contributed by atoms with Gasteiger partial charge in [0.15, 0.2) is 5.82 Å². The number of nitrogens with one attached hydrogen (secondary N) is 2. The molecule has 30 heavy (non-hydrogen) atoms. The van der Waals surface area contributed by atoms with Crippen LogP contribution in [0.5, 0.6) is 0 Å². The van der Waals surface area contributed by atoms with Crippen molar-refractivity contribution in [1.82, 2.24) is 24.5 Å². The number of halogens is 3. The minimum absolute atomic E-state index is 0.255. The van der Waals surface area contributed by atoms with Crippen LogP contribution in [0.3, 0.4) is 0 Å². The van der Waals surface area contributed by atoms with E-state index >= 15 is 0 Å². The van der Waals surface area contributed by atoms with Crippen LogP contribution in [0, 0.1) is 0 Å². The van der Waals surface area contributed by atoms with Crippen molar-refractivity contribution in [2.75, 3.05) is 5.32 Å². The lowest BCUT2D eigenvalue weighted by Crippen LogP contribution is -2.42. The SMILES string of the molecule is C[C@H](NS(=O)(=O)c1ccccc1C(F)(F)F)C(=O)Nc1ccc(-n2cncn2)nc1. The molecule has 3 aromatic rings. The lowest BCUT2D eigenvalue weighted by molar-refractivity contribution is -0.139. The van der Waals surface area contributed by atoms with E-state index in [-0.39, 0.29) is 5.69 Å². The normalized spacial score (nSPS) is 13.1. The van der Waals surface area contributed by atoms with Gasteiger partial charge in [-0.25, -0.2) is 23.1 Å². The van der Waals surface area contributed by atoms with Crippen LogP contribution in [0.15, 0.2) is 60.1 Å². The van der Waals surface area contributed by atoms with E-state index in [4.69, 9.17) is 0 Å². The van der Waals surface area contributed by atoms with E-state index in [1.165, 1.54) is 36.5 Å². The fourth-order valence-corrected chi connectivity index (χ4v) is 3.89. The van der Waals surface area contributed by atoms with Gasteiger partial charge in [-0.2, -0.15) is 23.0 Å². The summed E-state index contributed by atoms with van der Waals surface area (Å²) >= 11 is 0. The summed E-state index contributed by atoms with van der Waals surface area (Å²) < 4.78 is 67.5. The molecule has 2 N–H and O–H groups in total. The van der Waals surface area contributed by atoms with E-state index in [0.29, 0.717) is 11.9 Å². The largest absolute Gasteiger partial charge is 0.417 e. The van der Waals surface area contributed by atoms with Crippen LogP contribution < -0.4 is 10.0 Å². The average Bonchev–Trinajstić information content (AvgIpc) is 3.22. The summed E-state index contributed by atoms with van der Waals surface area (Å²) in [5.41, 5.74) is -1.07. The zero-order chi connectivity index (χ0) is 21.9. The van der Waals surface area contributed by atoms with Gasteiger partial charge in [0.1, 0.15) is 12.7 Å². The number of pyridine rings is 1. The maximum atomic E-state index is 13.1. The number of benzene rings is 1. The molecule has 2 aromatic heterocycles. The molecule has 9 nitrogen and oxygen atoms in total. The number of hydrogen-bond donors (Lipinski definition) is 2. The molecule has 0 unspecified atom stereocenters. The highest BCUT2D eigenvalue weighted by Gasteiger charge is 2.37. The Balaban J connectivity index is 1.71. The third-order valence-corrected chi connectivity index (χ3v) is 5.47. The summed E-state index contributed by atoms with van der Waals surface area (Å²) in [7, 11) is -4.61. The summed E-state index contributed by atoms with van der Waals surface area (Å²) in [6.07, 6.45) is -0.804. The number of nitrogens with zero attached hydrogens (tertiary/aromatic N) is 4. The Hall–Kier alpha value is -3.32. The summed E-state index contributed by atoms with van der Waals surface area (Å²) in [6.45, 7) is 1.21. The molecule has 1 atom stereocenters. The van der Waals surface area contributed by atoms with E-state index in [9.17, 15) is 26.4 Å². The van der Waals surface area contributed by atoms with Crippen molar-refractivity contribution in [2.45, 2.75) is 24.0 Å². The number of amides is 1. The van der Waals surface area contributed by atoms with Gasteiger partial charge in [0.25, 0.3) is 0 Å². The fraction of sp³-hybridized carbons (Fsp3) is 0.176. The van der Waals surface area contributed by atoms with Crippen molar-refractivity contribution in [3.8, 4) is 5.82 Å². The second-order valence-electron chi connectivity index (χ2n) is 6.07. The van der Waals surface area contributed by atoms with Gasteiger partial charge in [-0.05, 0) is 31.2 Å². The van der Waals surface area contributed by atoms with Crippen LogP contribution in [0.2, 0.25) is 0 Å². The van der Waals surface area contributed by atoms with E-state index < -0.39 is 38.6 Å². The molecule has 0 bridgehead atoms. The Morgan fingerprint density at radius 2 is 1.90 bits per heavy atom. The van der Waals surface area contributed by atoms with Crippen molar-refractivity contribution in [3.63, 3.8) is 0 Å². The summed E-state index contributed by atoms with van der Waals surface area (Å²) in [5.74, 6) is -0.346. The Morgan fingerprint density at radius 3 is 2.50 bits per heavy atom. The number of carbonyl (C=O) groups excluding carboxylic acids is 1. The van der Waals surface area contributed by atoms with Gasteiger partial charge < -0.3 is 5.32 Å². The summed E-state index contributed by atoms with van der Waals surface area (Å²) in [6, 6.07) is 5.40. The van der Waals surface area contributed by atoms with E-state index in [2.05, 4.69) is 20.4 Å². The van der Waals surface area contributed by atoms with Crippen molar-refractivity contribution >= 4 is 21.6 Å². The minimum Gasteiger partial charge on any atom is -0.323 e. The zero-order valence-corrected chi connectivity index (χ0v) is 16.1. The van der Waals surface area contributed by atoms with Crippen LogP contribution >= 0.6 is 0 Å². The van der Waals surface area contributed by atoms with Crippen LogP contribution in [0.1, 0.15) is 12.5 Å². The Bertz CT molecular complexity index is 1130. The second kappa shape index (κ2) is 8.20. The molecule has 3 rings (SSSR count). The summed E-state index contributed by atoms with van der Waals surface area (Å²) in [4.78, 5) is 19.2. The van der Waals surface area contributed by atoms with Crippen LogP contribution in [-0.4, -0.2) is 40.1 Å². The van der Waals surface area contributed by atoms with Crippen molar-refractivity contribution < 1.29 is 26.4 Å². The monoisotopic (exact) mass is 440 g/mol. The predicted molar refractivity (Wildman–Crippen MR) is 99.0 cm³/mol. The van der Waals surface area contributed by atoms with Gasteiger partial charge in [-0.1, -0.05) is 12.1 Å². The first-order chi connectivity index (χ1) is 14.1. The highest BCUT2D eigenvalue weighted by molar-refractivity contribution is 7.89. The topological polar surface area (TPSA) is 119 Å². The maximum Gasteiger partial charge on any atom is 0.417 e. The molecule has 0 spiro atoms. The standard InChI is InChI=1S/C17H15F3N6O3S/c1-11(25-30(28,29)14-5-3-2-4-13(14)17(18,19)20)16(27)24-12-6-7-15(22-8-12)26-10-21-9-23-26/h2-11,25H,1H3,(H,24,27)/t11-/m0/s1. The molecule has 1 amide bonds. The molecular weight excluding hydrogens is 425 g/mol. The van der Waals surface area contributed by atoms with Gasteiger partial charge in [0, 0.05) is 0 Å². The fourth-order valence-electron chi connectivity index (χ4n) is 2.46. The molecule has 158 valence electrons. The van der Waals surface area contributed by atoms with Crippen LogP contribution in [-0.2, 0) is 21.0 Å². The number of hydrogen-bond acceptors (Lipinski definition) is 6. The number of rotatable bonds is 6. The molecule has 0 aliphatic rings. The number of sulfonamides is 1. The Morgan fingerprint density at radius 1 is 1.17 bits per heavy atom. The Kier molecular flexibility index (Phi) is 5.85. The highest BCUT2D eigenvalue weighted by Crippen LogP contribution is 2.33. The first-order valence-corrected chi connectivity index (χ1v) is 9.87. The third-order valence-electron chi connectivity index (χ3n) is 3.88. The lowest BCUT2D eigenvalue weighted by Gasteiger charge is -2.17. The van der Waals surface area contributed by atoms with Gasteiger partial charge in [-0.3, -0.25) is 4.79 Å². The molecule has 0 aliphatic carbocycles. The van der Waals surface area contributed by atoms with Crippen LogP contribution in [0.4, 0.5) is 18.9 Å². The first-order valence-electron chi connectivity index (χ1n) is 8.38. The lowest BCUT2D eigenvalue weighted by atomic mass is 10.2. The summed E-state index contributed by atoms with van der Waals surface area (Å²) in [5, 5.41) is 6.33. The smallest absolute Gasteiger partial charge is 0.323 e. The third kappa shape index (κ3) is 4.80. The van der Waals surface area contributed by atoms with E-state index in [1.54, 1.807) is 6.07 Å². The van der Waals surface area contributed by atoms with Crippen molar-refractivity contribution in [2.24, 2.45) is 0 Å². The number of anilines is 1.